The van der Waals surface area contributed by atoms with Gasteiger partial charge in [0.25, 0.3) is 0 Å². The highest BCUT2D eigenvalue weighted by molar-refractivity contribution is 5.49. The quantitative estimate of drug-likeness (QED) is 0.672. The van der Waals surface area contributed by atoms with E-state index in [1.54, 1.807) is 6.20 Å². The Morgan fingerprint density at radius 2 is 2.21 bits per heavy atom. The fraction of sp³-hybridized carbons (Fsp3) is 0.300. The van der Waals surface area contributed by atoms with Crippen molar-refractivity contribution < 1.29 is 0 Å². The standard InChI is InChI=1S/C10H12N4/c1-8(2)7-14(3)10-9(6-11)12-4-5-13-10/h4-5H,1,7H2,2-3H3. The highest BCUT2D eigenvalue weighted by atomic mass is 15.2. The highest BCUT2D eigenvalue weighted by Crippen LogP contribution is 2.12. The lowest BCUT2D eigenvalue weighted by Gasteiger charge is -2.17. The van der Waals surface area contributed by atoms with E-state index >= 15 is 0 Å². The van der Waals surface area contributed by atoms with Crippen LogP contribution in [0.4, 0.5) is 5.82 Å². The SMILES string of the molecule is C=C(C)CN(C)c1nccnc1C#N. The summed E-state index contributed by atoms with van der Waals surface area (Å²) in [4.78, 5) is 9.89. The summed E-state index contributed by atoms with van der Waals surface area (Å²) in [7, 11) is 1.86. The Balaban J connectivity index is 2.95. The molecule has 0 saturated carbocycles. The summed E-state index contributed by atoms with van der Waals surface area (Å²) in [5.41, 5.74) is 1.36. The third-order valence-electron chi connectivity index (χ3n) is 1.65. The summed E-state index contributed by atoms with van der Waals surface area (Å²) >= 11 is 0. The largest absolute Gasteiger partial charge is 0.353 e. The molecule has 0 unspecified atom stereocenters. The van der Waals surface area contributed by atoms with Crippen LogP contribution in [0.5, 0.6) is 0 Å². The van der Waals surface area contributed by atoms with Crippen LogP contribution in [0.3, 0.4) is 0 Å². The van der Waals surface area contributed by atoms with E-state index in [1.165, 1.54) is 6.20 Å². The number of hydrogen-bond acceptors (Lipinski definition) is 4. The molecule has 1 aromatic rings. The second-order valence-electron chi connectivity index (χ2n) is 3.15. The van der Waals surface area contributed by atoms with Crippen molar-refractivity contribution in [3.05, 3.63) is 30.2 Å². The zero-order valence-electron chi connectivity index (χ0n) is 8.36. The minimum atomic E-state index is 0.344. The first kappa shape index (κ1) is 10.2. The monoisotopic (exact) mass is 188 g/mol. The number of rotatable bonds is 3. The topological polar surface area (TPSA) is 52.8 Å². The molecule has 1 heterocycles. The minimum Gasteiger partial charge on any atom is -0.353 e. The van der Waals surface area contributed by atoms with Crippen molar-refractivity contribution in [1.29, 1.82) is 5.26 Å². The average Bonchev–Trinajstić information content (AvgIpc) is 2.16. The molecule has 14 heavy (non-hydrogen) atoms. The van der Waals surface area contributed by atoms with Gasteiger partial charge in [-0.25, -0.2) is 9.97 Å². The summed E-state index contributed by atoms with van der Waals surface area (Å²) in [5.74, 6) is 0.595. The first-order valence-electron chi connectivity index (χ1n) is 4.21. The predicted octanol–water partition coefficient (Wildman–Crippen LogP) is 1.36. The fourth-order valence-electron chi connectivity index (χ4n) is 1.17. The van der Waals surface area contributed by atoms with E-state index in [4.69, 9.17) is 5.26 Å². The third kappa shape index (κ3) is 2.30. The molecular weight excluding hydrogens is 176 g/mol. The highest BCUT2D eigenvalue weighted by Gasteiger charge is 2.08. The first-order valence-corrected chi connectivity index (χ1v) is 4.21. The van der Waals surface area contributed by atoms with Gasteiger partial charge in [0.15, 0.2) is 11.5 Å². The zero-order chi connectivity index (χ0) is 10.6. The molecular formula is C10H12N4. The molecule has 0 spiro atoms. The summed E-state index contributed by atoms with van der Waals surface area (Å²) < 4.78 is 0. The van der Waals surface area contributed by atoms with Crippen LogP contribution in [-0.4, -0.2) is 23.6 Å². The van der Waals surface area contributed by atoms with Crippen LogP contribution in [0.25, 0.3) is 0 Å². The van der Waals surface area contributed by atoms with Gasteiger partial charge in [0.2, 0.25) is 0 Å². The van der Waals surface area contributed by atoms with Crippen molar-refractivity contribution >= 4 is 5.82 Å². The van der Waals surface area contributed by atoms with Crippen molar-refractivity contribution in [1.82, 2.24) is 9.97 Å². The Bertz CT molecular complexity index is 378. The Kier molecular flexibility index (Phi) is 3.19. The van der Waals surface area contributed by atoms with E-state index < -0.39 is 0 Å². The number of likely N-dealkylation sites (N-methyl/N-ethyl adjacent to an activating group) is 1. The fourth-order valence-corrected chi connectivity index (χ4v) is 1.17. The first-order chi connectivity index (χ1) is 6.65. The molecule has 0 aliphatic carbocycles. The van der Waals surface area contributed by atoms with Gasteiger partial charge in [0.1, 0.15) is 6.07 Å². The molecule has 0 fully saturated rings. The zero-order valence-corrected chi connectivity index (χ0v) is 8.36. The number of aromatic nitrogens is 2. The lowest BCUT2D eigenvalue weighted by atomic mass is 10.3. The minimum absolute atomic E-state index is 0.344. The van der Waals surface area contributed by atoms with E-state index in [9.17, 15) is 0 Å². The van der Waals surface area contributed by atoms with Gasteiger partial charge in [0, 0.05) is 26.0 Å². The van der Waals surface area contributed by atoms with Crippen molar-refractivity contribution in [3.63, 3.8) is 0 Å². The van der Waals surface area contributed by atoms with Crippen LogP contribution in [0.15, 0.2) is 24.5 Å². The Hall–Kier alpha value is -1.89. The molecule has 0 N–H and O–H groups in total. The second-order valence-corrected chi connectivity index (χ2v) is 3.15. The molecule has 4 heteroatoms. The Morgan fingerprint density at radius 3 is 2.79 bits per heavy atom. The lowest BCUT2D eigenvalue weighted by molar-refractivity contribution is 0.936. The number of nitriles is 1. The molecule has 0 atom stereocenters. The Morgan fingerprint density at radius 1 is 1.57 bits per heavy atom. The van der Waals surface area contributed by atoms with Gasteiger partial charge in [-0.2, -0.15) is 5.26 Å². The maximum Gasteiger partial charge on any atom is 0.183 e. The van der Waals surface area contributed by atoms with Crippen molar-refractivity contribution in [2.75, 3.05) is 18.5 Å². The maximum absolute atomic E-state index is 8.80. The third-order valence-corrected chi connectivity index (χ3v) is 1.65. The maximum atomic E-state index is 8.80. The molecule has 0 aliphatic heterocycles. The second kappa shape index (κ2) is 4.38. The predicted molar refractivity (Wildman–Crippen MR) is 54.8 cm³/mol. The van der Waals surface area contributed by atoms with E-state index in [0.29, 0.717) is 18.1 Å². The van der Waals surface area contributed by atoms with Crippen LogP contribution < -0.4 is 4.90 Å². The van der Waals surface area contributed by atoms with E-state index in [0.717, 1.165) is 5.57 Å². The van der Waals surface area contributed by atoms with Crippen molar-refractivity contribution in [3.8, 4) is 6.07 Å². The molecule has 0 radical (unpaired) electrons. The van der Waals surface area contributed by atoms with Crippen LogP contribution in [0.2, 0.25) is 0 Å². The smallest absolute Gasteiger partial charge is 0.183 e. The van der Waals surface area contributed by atoms with Gasteiger partial charge < -0.3 is 4.90 Å². The van der Waals surface area contributed by atoms with Crippen LogP contribution in [-0.2, 0) is 0 Å². The summed E-state index contributed by atoms with van der Waals surface area (Å²) in [6, 6.07) is 2.00. The molecule has 72 valence electrons. The molecule has 0 aromatic carbocycles. The molecule has 0 amide bonds. The molecule has 0 saturated heterocycles. The van der Waals surface area contributed by atoms with Crippen LogP contribution >= 0.6 is 0 Å². The Labute approximate surface area is 83.5 Å². The molecule has 0 bridgehead atoms. The lowest BCUT2D eigenvalue weighted by Crippen LogP contribution is -2.21. The van der Waals surface area contributed by atoms with E-state index in [2.05, 4.69) is 16.5 Å². The number of anilines is 1. The van der Waals surface area contributed by atoms with Gasteiger partial charge >= 0.3 is 0 Å². The normalized spacial score (nSPS) is 9.21. The molecule has 4 nitrogen and oxygen atoms in total. The summed E-state index contributed by atoms with van der Waals surface area (Å²) in [6.07, 6.45) is 3.09. The number of hydrogen-bond donors (Lipinski definition) is 0. The van der Waals surface area contributed by atoms with E-state index in [-0.39, 0.29) is 0 Å². The van der Waals surface area contributed by atoms with Crippen LogP contribution in [0, 0.1) is 11.3 Å². The van der Waals surface area contributed by atoms with Crippen molar-refractivity contribution in [2.45, 2.75) is 6.92 Å². The van der Waals surface area contributed by atoms with Gasteiger partial charge in [-0.3, -0.25) is 0 Å². The van der Waals surface area contributed by atoms with Gasteiger partial charge in [-0.15, -0.1) is 0 Å². The van der Waals surface area contributed by atoms with E-state index in [1.807, 2.05) is 24.9 Å². The van der Waals surface area contributed by atoms with Gasteiger partial charge in [-0.05, 0) is 6.92 Å². The molecule has 1 rings (SSSR count). The van der Waals surface area contributed by atoms with Crippen LogP contribution in [0.1, 0.15) is 12.6 Å². The van der Waals surface area contributed by atoms with Crippen molar-refractivity contribution in [2.24, 2.45) is 0 Å². The molecule has 0 aliphatic rings. The summed E-state index contributed by atoms with van der Waals surface area (Å²) in [6.45, 7) is 6.41. The van der Waals surface area contributed by atoms with Gasteiger partial charge in [-0.1, -0.05) is 12.2 Å². The average molecular weight is 188 g/mol. The summed E-state index contributed by atoms with van der Waals surface area (Å²) in [5, 5.41) is 8.80. The molecule has 1 aromatic heterocycles. The number of nitrogens with zero attached hydrogens (tertiary/aromatic N) is 4. The van der Waals surface area contributed by atoms with Gasteiger partial charge in [0.05, 0.1) is 0 Å².